The Morgan fingerprint density at radius 1 is 1.42 bits per heavy atom. The fourth-order valence-electron chi connectivity index (χ4n) is 2.09. The first kappa shape index (κ1) is 14.4. The van der Waals surface area contributed by atoms with Crippen LogP contribution in [0.3, 0.4) is 0 Å². The Morgan fingerprint density at radius 2 is 2.21 bits per heavy atom. The zero-order valence-corrected chi connectivity index (χ0v) is 12.7. The number of fused-ring (bicyclic) bond motifs is 1. The second kappa shape index (κ2) is 5.97. The van der Waals surface area contributed by atoms with Crippen molar-refractivity contribution in [2.45, 2.75) is 31.6 Å². The maximum atomic E-state index is 12.2. The van der Waals surface area contributed by atoms with Gasteiger partial charge in [-0.25, -0.2) is 0 Å². The van der Waals surface area contributed by atoms with Crippen molar-refractivity contribution < 1.29 is 4.79 Å². The lowest BCUT2D eigenvalue weighted by Gasteiger charge is -2.22. The summed E-state index contributed by atoms with van der Waals surface area (Å²) in [6, 6.07) is 6.04. The molecule has 0 unspecified atom stereocenters. The van der Waals surface area contributed by atoms with Crippen LogP contribution in [0.4, 0.5) is 0 Å². The summed E-state index contributed by atoms with van der Waals surface area (Å²) in [4.78, 5) is 12.2. The maximum absolute atomic E-state index is 12.2. The highest BCUT2D eigenvalue weighted by molar-refractivity contribution is 7.99. The molecule has 104 valence electrons. The van der Waals surface area contributed by atoms with Crippen molar-refractivity contribution >= 4 is 17.7 Å². The zero-order valence-electron chi connectivity index (χ0n) is 11.9. The fourth-order valence-corrected chi connectivity index (χ4v) is 2.31. The normalized spacial score (nSPS) is 14.9. The number of carbonyl (C=O) groups is 1. The second-order valence-electron chi connectivity index (χ2n) is 5.56. The van der Waals surface area contributed by atoms with Gasteiger partial charge in [-0.3, -0.25) is 4.79 Å². The molecule has 1 aromatic carbocycles. The van der Waals surface area contributed by atoms with E-state index in [9.17, 15) is 4.79 Å². The van der Waals surface area contributed by atoms with E-state index in [0.717, 1.165) is 25.1 Å². The van der Waals surface area contributed by atoms with Crippen molar-refractivity contribution in [2.24, 2.45) is 0 Å². The van der Waals surface area contributed by atoms with E-state index in [4.69, 9.17) is 0 Å². The third kappa shape index (κ3) is 3.74. The van der Waals surface area contributed by atoms with Crippen LogP contribution in [0.2, 0.25) is 0 Å². The van der Waals surface area contributed by atoms with Gasteiger partial charge in [0.2, 0.25) is 0 Å². The van der Waals surface area contributed by atoms with Crippen molar-refractivity contribution in [3.63, 3.8) is 0 Å². The minimum Gasteiger partial charge on any atom is -0.351 e. The molecule has 0 aliphatic carbocycles. The van der Waals surface area contributed by atoms with Crippen LogP contribution in [0.5, 0.6) is 0 Å². The van der Waals surface area contributed by atoms with Crippen LogP contribution in [0.1, 0.15) is 35.3 Å². The molecule has 0 fully saturated rings. The summed E-state index contributed by atoms with van der Waals surface area (Å²) in [6.45, 7) is 6.85. The van der Waals surface area contributed by atoms with Crippen LogP contribution in [-0.2, 0) is 13.0 Å². The molecular formula is C15H22N2OS. The molecule has 19 heavy (non-hydrogen) atoms. The second-order valence-corrected chi connectivity index (χ2v) is 7.07. The van der Waals surface area contributed by atoms with E-state index >= 15 is 0 Å². The van der Waals surface area contributed by atoms with Crippen LogP contribution in [0.25, 0.3) is 0 Å². The number of rotatable bonds is 4. The average Bonchev–Trinajstić information content (AvgIpc) is 2.44. The highest BCUT2D eigenvalue weighted by Crippen LogP contribution is 2.20. The van der Waals surface area contributed by atoms with E-state index < -0.39 is 0 Å². The lowest BCUT2D eigenvalue weighted by Crippen LogP contribution is -2.36. The summed E-state index contributed by atoms with van der Waals surface area (Å²) in [6.07, 6.45) is 3.12. The Bertz CT molecular complexity index is 471. The van der Waals surface area contributed by atoms with Gasteiger partial charge >= 0.3 is 0 Å². The Labute approximate surface area is 119 Å². The largest absolute Gasteiger partial charge is 0.351 e. The van der Waals surface area contributed by atoms with Crippen LogP contribution in [0.15, 0.2) is 18.2 Å². The van der Waals surface area contributed by atoms with Gasteiger partial charge < -0.3 is 10.6 Å². The third-order valence-electron chi connectivity index (χ3n) is 3.58. The monoisotopic (exact) mass is 278 g/mol. The zero-order chi connectivity index (χ0) is 13.9. The summed E-state index contributed by atoms with van der Waals surface area (Å²) in [5.74, 6) is 0.0236. The Morgan fingerprint density at radius 3 is 2.95 bits per heavy atom. The van der Waals surface area contributed by atoms with Crippen molar-refractivity contribution in [1.29, 1.82) is 0 Å². The maximum Gasteiger partial charge on any atom is 0.251 e. The molecule has 1 aromatic rings. The lowest BCUT2D eigenvalue weighted by atomic mass is 9.98. The number of thioether (sulfide) groups is 1. The van der Waals surface area contributed by atoms with Gasteiger partial charge in [-0.05, 0) is 56.3 Å². The first-order valence-corrected chi connectivity index (χ1v) is 7.90. The first-order chi connectivity index (χ1) is 9.02. The average molecular weight is 278 g/mol. The number of hydrogen-bond donors (Lipinski definition) is 2. The minimum absolute atomic E-state index is 0.0236. The topological polar surface area (TPSA) is 41.1 Å². The Kier molecular flexibility index (Phi) is 4.53. The molecule has 4 heteroatoms. The van der Waals surface area contributed by atoms with Gasteiger partial charge in [0.05, 0.1) is 0 Å². The summed E-state index contributed by atoms with van der Waals surface area (Å²) < 4.78 is 0.0748. The molecule has 0 radical (unpaired) electrons. The quantitative estimate of drug-likeness (QED) is 0.887. The van der Waals surface area contributed by atoms with Gasteiger partial charge in [0.1, 0.15) is 0 Å². The summed E-state index contributed by atoms with van der Waals surface area (Å²) >= 11 is 1.76. The number of benzene rings is 1. The van der Waals surface area contributed by atoms with Crippen molar-refractivity contribution in [1.82, 2.24) is 10.6 Å². The van der Waals surface area contributed by atoms with E-state index in [2.05, 4.69) is 36.8 Å². The molecule has 0 saturated carbocycles. The van der Waals surface area contributed by atoms with E-state index in [0.29, 0.717) is 6.54 Å². The molecule has 1 heterocycles. The van der Waals surface area contributed by atoms with Crippen LogP contribution in [0, 0.1) is 0 Å². The third-order valence-corrected chi connectivity index (χ3v) is 4.83. The predicted molar refractivity (Wildman–Crippen MR) is 81.8 cm³/mol. The molecule has 1 aliphatic heterocycles. The van der Waals surface area contributed by atoms with E-state index in [1.54, 1.807) is 11.8 Å². The number of amides is 1. The Hall–Kier alpha value is -1.00. The fraction of sp³-hybridized carbons (Fsp3) is 0.533. The smallest absolute Gasteiger partial charge is 0.251 e. The molecule has 0 aromatic heterocycles. The van der Waals surface area contributed by atoms with Crippen LogP contribution < -0.4 is 10.6 Å². The lowest BCUT2D eigenvalue weighted by molar-refractivity contribution is 0.0950. The molecule has 0 atom stereocenters. The molecule has 3 nitrogen and oxygen atoms in total. The molecule has 0 saturated heterocycles. The highest BCUT2D eigenvalue weighted by Gasteiger charge is 2.18. The number of nitrogens with one attached hydrogen (secondary N) is 2. The van der Waals surface area contributed by atoms with Crippen LogP contribution in [-0.4, -0.2) is 30.0 Å². The van der Waals surface area contributed by atoms with Crippen LogP contribution >= 0.6 is 11.8 Å². The van der Waals surface area contributed by atoms with Gasteiger partial charge in [0.15, 0.2) is 0 Å². The number of carbonyl (C=O) groups excluding carboxylic acids is 1. The van der Waals surface area contributed by atoms with Gasteiger partial charge in [-0.1, -0.05) is 6.07 Å². The first-order valence-electron chi connectivity index (χ1n) is 6.68. The predicted octanol–water partition coefficient (Wildman–Crippen LogP) is 2.20. The van der Waals surface area contributed by atoms with E-state index in [-0.39, 0.29) is 10.7 Å². The van der Waals surface area contributed by atoms with Crippen molar-refractivity contribution in [2.75, 3.05) is 19.3 Å². The molecule has 2 rings (SSSR count). The van der Waals surface area contributed by atoms with Gasteiger partial charge in [-0.2, -0.15) is 11.8 Å². The number of hydrogen-bond acceptors (Lipinski definition) is 3. The summed E-state index contributed by atoms with van der Waals surface area (Å²) in [7, 11) is 0. The molecule has 1 aliphatic rings. The van der Waals surface area contributed by atoms with Crippen molar-refractivity contribution in [3.05, 3.63) is 34.9 Å². The molecule has 2 N–H and O–H groups in total. The highest BCUT2D eigenvalue weighted by atomic mass is 32.2. The molecular weight excluding hydrogens is 256 g/mol. The van der Waals surface area contributed by atoms with Gasteiger partial charge in [0.25, 0.3) is 5.91 Å². The van der Waals surface area contributed by atoms with Gasteiger partial charge in [0, 0.05) is 23.4 Å². The molecule has 0 bridgehead atoms. The minimum atomic E-state index is 0.0236. The Balaban J connectivity index is 2.03. The van der Waals surface area contributed by atoms with Crippen molar-refractivity contribution in [3.8, 4) is 0 Å². The SMILES string of the molecule is CSC(C)(C)CNC(=O)c1ccc2c(c1)CNCC2. The summed E-state index contributed by atoms with van der Waals surface area (Å²) in [5, 5.41) is 6.35. The van der Waals surface area contributed by atoms with E-state index in [1.165, 1.54) is 11.1 Å². The standard InChI is InChI=1S/C15H22N2OS/c1-15(2,19-3)10-17-14(18)12-5-4-11-6-7-16-9-13(11)8-12/h4-5,8,16H,6-7,9-10H2,1-3H3,(H,17,18). The van der Waals surface area contributed by atoms with E-state index in [1.807, 2.05) is 12.1 Å². The molecule has 0 spiro atoms. The van der Waals surface area contributed by atoms with Gasteiger partial charge in [-0.15, -0.1) is 0 Å². The summed E-state index contributed by atoms with van der Waals surface area (Å²) in [5.41, 5.74) is 3.38. The molecule has 1 amide bonds.